The normalized spacial score (nSPS) is 12.6. The maximum Gasteiger partial charge on any atom is 0.327 e. The van der Waals surface area contributed by atoms with E-state index in [2.05, 4.69) is 21.0 Å². The summed E-state index contributed by atoms with van der Waals surface area (Å²) in [4.78, 5) is 51.1. The number of carbonyl (C=O) groups is 4. The zero-order valence-corrected chi connectivity index (χ0v) is 17.8. The SMILES string of the molecule is CC(C)C[C@H](Nn1cnc(C[C@H](NC(=O)CNC(=O)c2ccccc2)C(=O)O)c1)C(=O)O. The number of nitrogens with zero attached hydrogens (tertiary/aromatic N) is 2. The van der Waals surface area contributed by atoms with Crippen LogP contribution in [0.25, 0.3) is 0 Å². The minimum absolute atomic E-state index is 0.121. The summed E-state index contributed by atoms with van der Waals surface area (Å²) in [5, 5.41) is 23.5. The van der Waals surface area contributed by atoms with Crippen LogP contribution in [-0.4, -0.2) is 62.3 Å². The van der Waals surface area contributed by atoms with Gasteiger partial charge < -0.3 is 26.3 Å². The van der Waals surface area contributed by atoms with E-state index in [9.17, 15) is 29.4 Å². The van der Waals surface area contributed by atoms with Crippen molar-refractivity contribution in [2.75, 3.05) is 12.0 Å². The molecule has 2 aromatic rings. The first-order chi connectivity index (χ1) is 15.2. The number of carbonyl (C=O) groups excluding carboxylic acids is 2. The van der Waals surface area contributed by atoms with Crippen molar-refractivity contribution in [1.29, 1.82) is 0 Å². The Morgan fingerprint density at radius 3 is 2.28 bits per heavy atom. The molecule has 1 aromatic carbocycles. The van der Waals surface area contributed by atoms with Crippen LogP contribution in [0.15, 0.2) is 42.9 Å². The zero-order chi connectivity index (χ0) is 23.7. The highest BCUT2D eigenvalue weighted by Crippen LogP contribution is 2.07. The fraction of sp³-hybridized carbons (Fsp3) is 0.381. The van der Waals surface area contributed by atoms with Crippen molar-refractivity contribution >= 4 is 23.8 Å². The third-order valence-corrected chi connectivity index (χ3v) is 4.44. The molecule has 0 aliphatic carbocycles. The number of carboxylic acid groups (broad SMARTS) is 2. The first-order valence-corrected chi connectivity index (χ1v) is 10.0. The van der Waals surface area contributed by atoms with E-state index in [1.165, 1.54) is 17.2 Å². The molecule has 5 N–H and O–H groups in total. The number of carboxylic acids is 2. The van der Waals surface area contributed by atoms with Crippen LogP contribution in [0.3, 0.4) is 0 Å². The monoisotopic (exact) mass is 445 g/mol. The molecule has 0 unspecified atom stereocenters. The smallest absolute Gasteiger partial charge is 0.327 e. The van der Waals surface area contributed by atoms with Crippen LogP contribution in [0.4, 0.5) is 0 Å². The maximum atomic E-state index is 12.1. The van der Waals surface area contributed by atoms with Crippen LogP contribution < -0.4 is 16.1 Å². The van der Waals surface area contributed by atoms with Crippen LogP contribution >= 0.6 is 0 Å². The summed E-state index contributed by atoms with van der Waals surface area (Å²) >= 11 is 0. The van der Waals surface area contributed by atoms with E-state index in [4.69, 9.17) is 0 Å². The summed E-state index contributed by atoms with van der Waals surface area (Å²) in [7, 11) is 0. The topological polar surface area (TPSA) is 163 Å². The maximum absolute atomic E-state index is 12.1. The number of hydrogen-bond acceptors (Lipinski definition) is 6. The Balaban J connectivity index is 1.91. The van der Waals surface area contributed by atoms with Crippen molar-refractivity contribution in [3.8, 4) is 0 Å². The van der Waals surface area contributed by atoms with Crippen LogP contribution in [0.5, 0.6) is 0 Å². The van der Waals surface area contributed by atoms with Gasteiger partial charge in [0.05, 0.1) is 12.2 Å². The second-order valence-electron chi connectivity index (χ2n) is 7.63. The van der Waals surface area contributed by atoms with Gasteiger partial charge in [0, 0.05) is 18.2 Å². The molecule has 172 valence electrons. The third kappa shape index (κ3) is 7.74. The standard InChI is InChI=1S/C21H27N5O6/c1-13(2)8-17(21(31)32)25-26-11-15(23-12-26)9-16(20(29)30)24-18(27)10-22-19(28)14-6-4-3-5-7-14/h3-7,11-13,16-17,25H,8-10H2,1-2H3,(H,22,28)(H,24,27)(H,29,30)(H,31,32)/t16-,17-/m0/s1. The highest BCUT2D eigenvalue weighted by molar-refractivity contribution is 5.96. The predicted molar refractivity (Wildman–Crippen MR) is 115 cm³/mol. The Bertz CT molecular complexity index is 943. The van der Waals surface area contributed by atoms with Crippen molar-refractivity contribution in [3.63, 3.8) is 0 Å². The van der Waals surface area contributed by atoms with E-state index in [-0.39, 0.29) is 18.9 Å². The summed E-state index contributed by atoms with van der Waals surface area (Å²) in [6.45, 7) is 3.42. The molecule has 11 heteroatoms. The molecule has 0 aliphatic heterocycles. The lowest BCUT2D eigenvalue weighted by molar-refractivity contribution is -0.141. The van der Waals surface area contributed by atoms with E-state index in [1.807, 2.05) is 13.8 Å². The first-order valence-electron chi connectivity index (χ1n) is 10.0. The molecule has 32 heavy (non-hydrogen) atoms. The number of amides is 2. The first kappa shape index (κ1) is 24.4. The number of imidazole rings is 1. The van der Waals surface area contributed by atoms with E-state index < -0.39 is 35.8 Å². The van der Waals surface area contributed by atoms with Crippen molar-refractivity contribution < 1.29 is 29.4 Å². The number of hydrogen-bond donors (Lipinski definition) is 5. The second kappa shape index (κ2) is 11.5. The summed E-state index contributed by atoms with van der Waals surface area (Å²) < 4.78 is 1.36. The van der Waals surface area contributed by atoms with Gasteiger partial charge in [-0.2, -0.15) is 0 Å². The summed E-state index contributed by atoms with van der Waals surface area (Å²) in [5.74, 6) is -3.24. The van der Waals surface area contributed by atoms with Gasteiger partial charge in [-0.3, -0.25) is 14.3 Å². The largest absolute Gasteiger partial charge is 0.480 e. The molecule has 0 aliphatic rings. The zero-order valence-electron chi connectivity index (χ0n) is 17.8. The number of aromatic nitrogens is 2. The van der Waals surface area contributed by atoms with Gasteiger partial charge in [-0.05, 0) is 24.5 Å². The van der Waals surface area contributed by atoms with Crippen LogP contribution in [0.2, 0.25) is 0 Å². The van der Waals surface area contributed by atoms with Crippen molar-refractivity contribution in [3.05, 3.63) is 54.1 Å². The number of aliphatic carboxylic acids is 2. The van der Waals surface area contributed by atoms with E-state index in [0.29, 0.717) is 17.7 Å². The predicted octanol–water partition coefficient (Wildman–Crippen LogP) is 0.468. The molecule has 0 radical (unpaired) electrons. The lowest BCUT2D eigenvalue weighted by atomic mass is 10.0. The van der Waals surface area contributed by atoms with Gasteiger partial charge in [0.25, 0.3) is 5.91 Å². The molecule has 0 saturated carbocycles. The van der Waals surface area contributed by atoms with Gasteiger partial charge in [-0.1, -0.05) is 32.0 Å². The quantitative estimate of drug-likeness (QED) is 0.315. The Kier molecular flexibility index (Phi) is 8.75. The van der Waals surface area contributed by atoms with Crippen molar-refractivity contribution in [2.45, 2.75) is 38.8 Å². The molecule has 0 fully saturated rings. The lowest BCUT2D eigenvalue weighted by Crippen LogP contribution is -2.46. The third-order valence-electron chi connectivity index (χ3n) is 4.44. The molecular formula is C21H27N5O6. The van der Waals surface area contributed by atoms with Gasteiger partial charge in [0.1, 0.15) is 18.4 Å². The molecule has 1 aromatic heterocycles. The van der Waals surface area contributed by atoms with E-state index >= 15 is 0 Å². The second-order valence-corrected chi connectivity index (χ2v) is 7.63. The molecule has 2 amide bonds. The fourth-order valence-electron chi connectivity index (χ4n) is 2.91. The fourth-order valence-corrected chi connectivity index (χ4v) is 2.91. The highest BCUT2D eigenvalue weighted by Gasteiger charge is 2.23. The highest BCUT2D eigenvalue weighted by atomic mass is 16.4. The average Bonchev–Trinajstić information content (AvgIpc) is 3.18. The van der Waals surface area contributed by atoms with Gasteiger partial charge in [0.2, 0.25) is 5.91 Å². The van der Waals surface area contributed by atoms with Crippen LogP contribution in [-0.2, 0) is 20.8 Å². The molecule has 2 atom stereocenters. The van der Waals surface area contributed by atoms with Crippen LogP contribution in [0.1, 0.15) is 36.3 Å². The Hall–Kier alpha value is -3.89. The number of rotatable bonds is 12. The number of benzene rings is 1. The molecule has 2 rings (SSSR count). The minimum Gasteiger partial charge on any atom is -0.480 e. The van der Waals surface area contributed by atoms with Crippen molar-refractivity contribution in [2.24, 2.45) is 5.92 Å². The van der Waals surface area contributed by atoms with Gasteiger partial charge >= 0.3 is 11.9 Å². The van der Waals surface area contributed by atoms with E-state index in [0.717, 1.165) is 0 Å². The summed E-state index contributed by atoms with van der Waals surface area (Å²) in [5.41, 5.74) is 3.51. The average molecular weight is 445 g/mol. The molecule has 1 heterocycles. The molecule has 0 saturated heterocycles. The van der Waals surface area contributed by atoms with Crippen molar-refractivity contribution in [1.82, 2.24) is 20.3 Å². The Labute approximate surface area is 184 Å². The van der Waals surface area contributed by atoms with Gasteiger partial charge in [0.15, 0.2) is 0 Å². The van der Waals surface area contributed by atoms with Gasteiger partial charge in [-0.15, -0.1) is 0 Å². The Morgan fingerprint density at radius 1 is 1.03 bits per heavy atom. The molecule has 11 nitrogen and oxygen atoms in total. The lowest BCUT2D eigenvalue weighted by Gasteiger charge is -2.17. The summed E-state index contributed by atoms with van der Waals surface area (Å²) in [6.07, 6.45) is 3.08. The molecular weight excluding hydrogens is 418 g/mol. The Morgan fingerprint density at radius 2 is 1.69 bits per heavy atom. The molecule has 0 bridgehead atoms. The number of nitrogens with one attached hydrogen (secondary N) is 3. The van der Waals surface area contributed by atoms with Crippen LogP contribution in [0, 0.1) is 5.92 Å². The van der Waals surface area contributed by atoms with E-state index in [1.54, 1.807) is 30.3 Å². The molecule has 0 spiro atoms. The summed E-state index contributed by atoms with van der Waals surface area (Å²) in [6, 6.07) is 6.20. The minimum atomic E-state index is -1.27. The van der Waals surface area contributed by atoms with Gasteiger partial charge in [-0.25, -0.2) is 14.6 Å².